The van der Waals surface area contributed by atoms with Crippen LogP contribution in [0.25, 0.3) is 0 Å². The SMILES string of the molecule is COc1ccc(S(=O)(=O)NC(CCCl)C(C)(C)C)cc1. The van der Waals surface area contributed by atoms with E-state index in [4.69, 9.17) is 16.3 Å². The Kier molecular flexibility index (Phi) is 5.86. The highest BCUT2D eigenvalue weighted by atomic mass is 35.5. The molecular formula is C14H22ClNO3S. The summed E-state index contributed by atoms with van der Waals surface area (Å²) < 4.78 is 32.5. The molecule has 20 heavy (non-hydrogen) atoms. The van der Waals surface area contributed by atoms with Crippen LogP contribution in [0.2, 0.25) is 0 Å². The number of halogens is 1. The number of ether oxygens (including phenoxy) is 1. The highest BCUT2D eigenvalue weighted by molar-refractivity contribution is 7.89. The van der Waals surface area contributed by atoms with Crippen molar-refractivity contribution in [1.82, 2.24) is 4.72 Å². The zero-order valence-corrected chi connectivity index (χ0v) is 13.9. The minimum atomic E-state index is -3.55. The molecule has 0 amide bonds. The largest absolute Gasteiger partial charge is 0.497 e. The van der Waals surface area contributed by atoms with Crippen LogP contribution in [0.1, 0.15) is 27.2 Å². The number of nitrogens with one attached hydrogen (secondary N) is 1. The number of alkyl halides is 1. The van der Waals surface area contributed by atoms with Gasteiger partial charge in [0.1, 0.15) is 5.75 Å². The quantitative estimate of drug-likeness (QED) is 0.820. The summed E-state index contributed by atoms with van der Waals surface area (Å²) in [6.45, 7) is 5.96. The van der Waals surface area contributed by atoms with Gasteiger partial charge in [0.25, 0.3) is 0 Å². The van der Waals surface area contributed by atoms with Crippen LogP contribution in [-0.4, -0.2) is 27.4 Å². The summed E-state index contributed by atoms with van der Waals surface area (Å²) in [5.74, 6) is 1.03. The number of rotatable bonds is 6. The van der Waals surface area contributed by atoms with Crippen molar-refractivity contribution in [3.05, 3.63) is 24.3 Å². The smallest absolute Gasteiger partial charge is 0.240 e. The molecule has 0 heterocycles. The average molecular weight is 320 g/mol. The first kappa shape index (κ1) is 17.3. The summed E-state index contributed by atoms with van der Waals surface area (Å²) >= 11 is 5.77. The molecule has 6 heteroatoms. The lowest BCUT2D eigenvalue weighted by Gasteiger charge is -2.30. The highest BCUT2D eigenvalue weighted by Crippen LogP contribution is 2.24. The van der Waals surface area contributed by atoms with Crippen molar-refractivity contribution >= 4 is 21.6 Å². The second-order valence-electron chi connectivity index (χ2n) is 5.69. The molecule has 0 aromatic heterocycles. The first-order chi connectivity index (χ1) is 9.20. The maximum Gasteiger partial charge on any atom is 0.240 e. The molecule has 0 radical (unpaired) electrons. The van der Waals surface area contributed by atoms with E-state index >= 15 is 0 Å². The number of hydrogen-bond acceptors (Lipinski definition) is 3. The van der Waals surface area contributed by atoms with Crippen molar-refractivity contribution in [3.63, 3.8) is 0 Å². The minimum Gasteiger partial charge on any atom is -0.497 e. The van der Waals surface area contributed by atoms with Crippen molar-refractivity contribution in [2.24, 2.45) is 5.41 Å². The third kappa shape index (κ3) is 4.65. The molecule has 0 spiro atoms. The highest BCUT2D eigenvalue weighted by Gasteiger charge is 2.29. The molecule has 0 saturated heterocycles. The predicted molar refractivity (Wildman–Crippen MR) is 81.9 cm³/mol. The third-order valence-electron chi connectivity index (χ3n) is 3.11. The Balaban J connectivity index is 2.97. The van der Waals surface area contributed by atoms with Crippen LogP contribution < -0.4 is 9.46 Å². The number of sulfonamides is 1. The lowest BCUT2D eigenvalue weighted by Crippen LogP contribution is -2.43. The zero-order valence-electron chi connectivity index (χ0n) is 12.3. The lowest BCUT2D eigenvalue weighted by molar-refractivity contribution is 0.292. The van der Waals surface area contributed by atoms with Crippen molar-refractivity contribution in [2.75, 3.05) is 13.0 Å². The normalized spacial score (nSPS) is 14.1. The lowest BCUT2D eigenvalue weighted by atomic mass is 9.86. The van der Waals surface area contributed by atoms with Gasteiger partial charge in [0.05, 0.1) is 12.0 Å². The predicted octanol–water partition coefficient (Wildman–Crippen LogP) is 3.02. The Hall–Kier alpha value is -0.780. The van der Waals surface area contributed by atoms with Gasteiger partial charge < -0.3 is 4.74 Å². The Labute approximate surface area is 126 Å². The molecule has 1 aromatic carbocycles. The monoisotopic (exact) mass is 319 g/mol. The van der Waals surface area contributed by atoms with E-state index in [0.717, 1.165) is 0 Å². The molecule has 0 aliphatic heterocycles. The minimum absolute atomic E-state index is 0.200. The number of benzene rings is 1. The average Bonchev–Trinajstić information content (AvgIpc) is 2.37. The van der Waals surface area contributed by atoms with Gasteiger partial charge in [0, 0.05) is 11.9 Å². The zero-order chi connectivity index (χ0) is 15.4. The van der Waals surface area contributed by atoms with Crippen LogP contribution in [0.4, 0.5) is 0 Å². The van der Waals surface area contributed by atoms with Crippen molar-refractivity contribution in [3.8, 4) is 5.75 Å². The second-order valence-corrected chi connectivity index (χ2v) is 7.79. The van der Waals surface area contributed by atoms with E-state index in [1.54, 1.807) is 12.1 Å². The summed E-state index contributed by atoms with van der Waals surface area (Å²) in [7, 11) is -2.01. The van der Waals surface area contributed by atoms with Gasteiger partial charge >= 0.3 is 0 Å². The standard InChI is InChI=1S/C14H22ClNO3S/c1-14(2,3)13(9-10-15)16-20(17,18)12-7-5-11(19-4)6-8-12/h5-8,13,16H,9-10H2,1-4H3. The van der Waals surface area contributed by atoms with Crippen molar-refractivity contribution < 1.29 is 13.2 Å². The van der Waals surface area contributed by atoms with E-state index < -0.39 is 10.0 Å². The molecule has 1 N–H and O–H groups in total. The van der Waals surface area contributed by atoms with Crippen LogP contribution in [0.5, 0.6) is 5.75 Å². The fourth-order valence-corrected chi connectivity index (χ4v) is 3.48. The van der Waals surface area contributed by atoms with Gasteiger partial charge in [0.2, 0.25) is 10.0 Å². The Morgan fingerprint density at radius 2 is 1.80 bits per heavy atom. The van der Waals surface area contributed by atoms with Gasteiger partial charge in [-0.25, -0.2) is 13.1 Å². The summed E-state index contributed by atoms with van der Waals surface area (Å²) in [6.07, 6.45) is 0.584. The molecule has 0 aliphatic carbocycles. The van der Waals surface area contributed by atoms with E-state index in [0.29, 0.717) is 18.1 Å². The van der Waals surface area contributed by atoms with Gasteiger partial charge in [-0.15, -0.1) is 11.6 Å². The topological polar surface area (TPSA) is 55.4 Å². The fraction of sp³-hybridized carbons (Fsp3) is 0.571. The summed E-state index contributed by atoms with van der Waals surface area (Å²) in [5, 5.41) is 0. The molecule has 0 fully saturated rings. The molecule has 1 rings (SSSR count). The number of methoxy groups -OCH3 is 1. The van der Waals surface area contributed by atoms with Crippen LogP contribution in [-0.2, 0) is 10.0 Å². The third-order valence-corrected chi connectivity index (χ3v) is 4.82. The van der Waals surface area contributed by atoms with E-state index in [1.165, 1.54) is 19.2 Å². The molecule has 0 saturated carbocycles. The summed E-state index contributed by atoms with van der Waals surface area (Å²) in [5.41, 5.74) is -0.200. The first-order valence-electron chi connectivity index (χ1n) is 6.43. The fourth-order valence-electron chi connectivity index (χ4n) is 1.79. The Morgan fingerprint density at radius 3 is 2.20 bits per heavy atom. The molecule has 0 bridgehead atoms. The molecule has 1 atom stereocenters. The molecule has 1 unspecified atom stereocenters. The van der Waals surface area contributed by atoms with Crippen LogP contribution in [0.3, 0.4) is 0 Å². The van der Waals surface area contributed by atoms with Gasteiger partial charge in [-0.05, 0) is 36.1 Å². The van der Waals surface area contributed by atoms with Crippen molar-refractivity contribution in [1.29, 1.82) is 0 Å². The molecule has 4 nitrogen and oxygen atoms in total. The molecule has 0 aliphatic rings. The number of hydrogen-bond donors (Lipinski definition) is 1. The van der Waals surface area contributed by atoms with Gasteiger partial charge in [-0.3, -0.25) is 0 Å². The Morgan fingerprint density at radius 1 is 1.25 bits per heavy atom. The van der Waals surface area contributed by atoms with E-state index in [2.05, 4.69) is 4.72 Å². The molecule has 114 valence electrons. The van der Waals surface area contributed by atoms with Crippen LogP contribution in [0.15, 0.2) is 29.2 Å². The van der Waals surface area contributed by atoms with E-state index in [-0.39, 0.29) is 16.4 Å². The molecule has 1 aromatic rings. The van der Waals surface area contributed by atoms with Gasteiger partial charge in [-0.2, -0.15) is 0 Å². The second kappa shape index (κ2) is 6.78. The van der Waals surface area contributed by atoms with E-state index in [9.17, 15) is 8.42 Å². The Bertz CT molecular complexity index is 520. The van der Waals surface area contributed by atoms with Crippen LogP contribution in [0, 0.1) is 5.41 Å². The van der Waals surface area contributed by atoms with E-state index in [1.807, 2.05) is 20.8 Å². The molecular weight excluding hydrogens is 298 g/mol. The van der Waals surface area contributed by atoms with Crippen molar-refractivity contribution in [2.45, 2.75) is 38.1 Å². The summed E-state index contributed by atoms with van der Waals surface area (Å²) in [6, 6.07) is 6.10. The van der Waals surface area contributed by atoms with Gasteiger partial charge in [0.15, 0.2) is 0 Å². The summed E-state index contributed by atoms with van der Waals surface area (Å²) in [4.78, 5) is 0.224. The first-order valence-corrected chi connectivity index (χ1v) is 8.45. The van der Waals surface area contributed by atoms with Crippen LogP contribution >= 0.6 is 11.6 Å². The maximum absolute atomic E-state index is 12.4. The van der Waals surface area contributed by atoms with Gasteiger partial charge in [-0.1, -0.05) is 20.8 Å². The maximum atomic E-state index is 12.4.